The second-order valence-corrected chi connectivity index (χ2v) is 10.1. The highest BCUT2D eigenvalue weighted by Crippen LogP contribution is 2.39. The van der Waals surface area contributed by atoms with Gasteiger partial charge in [-0.05, 0) is 63.4 Å². The van der Waals surface area contributed by atoms with E-state index in [1.807, 2.05) is 13.0 Å². The van der Waals surface area contributed by atoms with Crippen molar-refractivity contribution in [3.05, 3.63) is 70.8 Å². The molecule has 2 aromatic carbocycles. The Labute approximate surface area is 211 Å². The van der Waals surface area contributed by atoms with E-state index in [4.69, 9.17) is 9.47 Å². The number of hydrogen-bond donors (Lipinski definition) is 0. The molecule has 0 aliphatic carbocycles. The molecule has 2 heterocycles. The van der Waals surface area contributed by atoms with Crippen molar-refractivity contribution in [2.45, 2.75) is 83.3 Å². The van der Waals surface area contributed by atoms with Crippen LogP contribution in [0.5, 0.6) is 0 Å². The number of ether oxygens (including phenoxy) is 2. The number of hydrogen-bond acceptors (Lipinski definition) is 2. The molecule has 6 heteroatoms. The first-order valence-electron chi connectivity index (χ1n) is 13.2. The van der Waals surface area contributed by atoms with Crippen molar-refractivity contribution < 1.29 is 27.0 Å². The second-order valence-electron chi connectivity index (χ2n) is 10.1. The Kier molecular flexibility index (Phi) is 9.24. The van der Waals surface area contributed by atoms with Gasteiger partial charge in [0.1, 0.15) is 0 Å². The van der Waals surface area contributed by atoms with Crippen LogP contribution in [-0.4, -0.2) is 19.3 Å². The lowest BCUT2D eigenvalue weighted by atomic mass is 9.88. The predicted molar refractivity (Wildman–Crippen MR) is 134 cm³/mol. The minimum atomic E-state index is -1.18. The third kappa shape index (κ3) is 5.86. The Bertz CT molecular complexity index is 1050. The fraction of sp³-hybridized carbons (Fsp3) is 0.533. The molecule has 4 rings (SSSR count). The van der Waals surface area contributed by atoms with Crippen LogP contribution in [0.4, 0.5) is 17.6 Å². The Morgan fingerprint density at radius 2 is 1.47 bits per heavy atom. The maximum Gasteiger partial charge on any atom is 0.167 e. The molecule has 2 aliphatic rings. The summed E-state index contributed by atoms with van der Waals surface area (Å²) >= 11 is 0. The van der Waals surface area contributed by atoms with Gasteiger partial charge in [0.15, 0.2) is 23.3 Å². The van der Waals surface area contributed by atoms with E-state index in [1.165, 1.54) is 24.3 Å². The maximum absolute atomic E-state index is 15.1. The SMILES string of the molecule is C/C=C/CCC1CCC(c2ccc(-c3ccc(C4CCC(CCC)CO4)c(F)c3F)c(F)c2F)CO1. The van der Waals surface area contributed by atoms with Crippen molar-refractivity contribution >= 4 is 0 Å². The molecule has 2 fully saturated rings. The summed E-state index contributed by atoms with van der Waals surface area (Å²) in [6.45, 7) is 4.92. The van der Waals surface area contributed by atoms with Crippen LogP contribution >= 0.6 is 0 Å². The summed E-state index contributed by atoms with van der Waals surface area (Å²) in [6, 6.07) is 5.58. The van der Waals surface area contributed by atoms with Gasteiger partial charge in [0.25, 0.3) is 0 Å². The lowest BCUT2D eigenvalue weighted by Crippen LogP contribution is -2.25. The molecule has 0 aromatic heterocycles. The third-order valence-corrected chi connectivity index (χ3v) is 7.63. The molecule has 2 aliphatic heterocycles. The molecule has 0 amide bonds. The monoisotopic (exact) mass is 504 g/mol. The summed E-state index contributed by atoms with van der Waals surface area (Å²) < 4.78 is 72.1. The number of benzene rings is 2. The van der Waals surface area contributed by atoms with Gasteiger partial charge in [-0.2, -0.15) is 0 Å². The molecule has 0 saturated carbocycles. The Hall–Kier alpha value is -2.18. The zero-order valence-electron chi connectivity index (χ0n) is 21.2. The van der Waals surface area contributed by atoms with Crippen LogP contribution in [0.3, 0.4) is 0 Å². The molecule has 2 saturated heterocycles. The van der Waals surface area contributed by atoms with Crippen LogP contribution < -0.4 is 0 Å². The summed E-state index contributed by atoms with van der Waals surface area (Å²) in [5.41, 5.74) is -0.222. The molecular formula is C30H36F4O2. The molecule has 0 bridgehead atoms. The Morgan fingerprint density at radius 1 is 0.778 bits per heavy atom. The van der Waals surface area contributed by atoms with E-state index >= 15 is 17.6 Å². The topological polar surface area (TPSA) is 18.5 Å². The van der Waals surface area contributed by atoms with Gasteiger partial charge >= 0.3 is 0 Å². The second kappa shape index (κ2) is 12.4. The van der Waals surface area contributed by atoms with Crippen LogP contribution in [0.2, 0.25) is 0 Å². The highest BCUT2D eigenvalue weighted by molar-refractivity contribution is 5.66. The minimum absolute atomic E-state index is 0.117. The van der Waals surface area contributed by atoms with Crippen molar-refractivity contribution in [3.63, 3.8) is 0 Å². The lowest BCUT2D eigenvalue weighted by molar-refractivity contribution is -0.0214. The van der Waals surface area contributed by atoms with Crippen LogP contribution in [0.1, 0.15) is 88.4 Å². The first-order chi connectivity index (χ1) is 17.4. The van der Waals surface area contributed by atoms with Gasteiger partial charge < -0.3 is 9.47 Å². The smallest absolute Gasteiger partial charge is 0.167 e. The van der Waals surface area contributed by atoms with Gasteiger partial charge in [0.2, 0.25) is 0 Å². The van der Waals surface area contributed by atoms with Crippen LogP contribution in [0, 0.1) is 29.2 Å². The molecule has 196 valence electrons. The predicted octanol–water partition coefficient (Wildman–Crippen LogP) is 8.80. The van der Waals surface area contributed by atoms with E-state index in [1.54, 1.807) is 0 Å². The van der Waals surface area contributed by atoms with E-state index in [0.29, 0.717) is 32.0 Å². The highest BCUT2D eigenvalue weighted by atomic mass is 19.2. The molecule has 2 nitrogen and oxygen atoms in total. The van der Waals surface area contributed by atoms with Crippen molar-refractivity contribution in [2.75, 3.05) is 13.2 Å². The number of rotatable bonds is 8. The Morgan fingerprint density at radius 3 is 2.06 bits per heavy atom. The minimum Gasteiger partial charge on any atom is -0.378 e. The van der Waals surface area contributed by atoms with Gasteiger partial charge in [-0.15, -0.1) is 0 Å². The fourth-order valence-corrected chi connectivity index (χ4v) is 5.52. The number of halogens is 4. The van der Waals surface area contributed by atoms with Crippen LogP contribution in [0.25, 0.3) is 11.1 Å². The van der Waals surface area contributed by atoms with Crippen molar-refractivity contribution in [1.82, 2.24) is 0 Å². The normalized spacial score (nSPS) is 24.9. The van der Waals surface area contributed by atoms with Crippen molar-refractivity contribution in [2.24, 2.45) is 5.92 Å². The largest absolute Gasteiger partial charge is 0.378 e. The van der Waals surface area contributed by atoms with E-state index in [-0.39, 0.29) is 34.3 Å². The molecule has 0 radical (unpaired) electrons. The number of allylic oxidation sites excluding steroid dienone is 2. The van der Waals surface area contributed by atoms with E-state index < -0.39 is 29.4 Å². The van der Waals surface area contributed by atoms with E-state index in [9.17, 15) is 0 Å². The first-order valence-corrected chi connectivity index (χ1v) is 13.2. The molecule has 0 N–H and O–H groups in total. The standard InChI is InChI=1S/C30H36F4O2/c1-3-5-6-8-21-11-10-20(18-35-21)22-12-13-23(28(32)27(22)31)24-14-15-25(30(34)29(24)33)26-16-9-19(7-4-2)17-36-26/h3,5,12-15,19-21,26H,4,6-11,16-18H2,1-2H3/b5-3+. The molecule has 4 atom stereocenters. The average Bonchev–Trinajstić information content (AvgIpc) is 2.89. The van der Waals surface area contributed by atoms with Crippen LogP contribution in [-0.2, 0) is 9.47 Å². The van der Waals surface area contributed by atoms with Crippen molar-refractivity contribution in [1.29, 1.82) is 0 Å². The van der Waals surface area contributed by atoms with Gasteiger partial charge in [0.05, 0.1) is 25.4 Å². The fourth-order valence-electron chi connectivity index (χ4n) is 5.52. The Balaban J connectivity index is 1.48. The van der Waals surface area contributed by atoms with Crippen molar-refractivity contribution in [3.8, 4) is 11.1 Å². The van der Waals surface area contributed by atoms with Gasteiger partial charge in [-0.3, -0.25) is 0 Å². The summed E-state index contributed by atoms with van der Waals surface area (Å²) in [5.74, 6) is -4.24. The summed E-state index contributed by atoms with van der Waals surface area (Å²) in [6.07, 6.45) is 10.6. The highest BCUT2D eigenvalue weighted by Gasteiger charge is 2.30. The molecular weight excluding hydrogens is 468 g/mol. The molecule has 2 aromatic rings. The zero-order chi connectivity index (χ0) is 25.7. The van der Waals surface area contributed by atoms with Crippen LogP contribution in [0.15, 0.2) is 36.4 Å². The van der Waals surface area contributed by atoms with Gasteiger partial charge in [-0.25, -0.2) is 17.6 Å². The molecule has 36 heavy (non-hydrogen) atoms. The molecule has 0 spiro atoms. The van der Waals surface area contributed by atoms with Gasteiger partial charge in [-0.1, -0.05) is 49.8 Å². The molecule has 4 unspecified atom stereocenters. The first kappa shape index (κ1) is 26.9. The zero-order valence-corrected chi connectivity index (χ0v) is 21.2. The van der Waals surface area contributed by atoms with E-state index in [0.717, 1.165) is 38.5 Å². The quantitative estimate of drug-likeness (QED) is 0.264. The lowest BCUT2D eigenvalue weighted by Gasteiger charge is -2.30. The maximum atomic E-state index is 15.1. The third-order valence-electron chi connectivity index (χ3n) is 7.63. The summed E-state index contributed by atoms with van der Waals surface area (Å²) in [4.78, 5) is 0. The summed E-state index contributed by atoms with van der Waals surface area (Å²) in [5, 5.41) is 0. The average molecular weight is 505 g/mol. The van der Waals surface area contributed by atoms with E-state index in [2.05, 4.69) is 13.0 Å². The van der Waals surface area contributed by atoms with Gasteiger partial charge in [0, 0.05) is 22.6 Å². The summed E-state index contributed by atoms with van der Waals surface area (Å²) in [7, 11) is 0.